The Balaban J connectivity index is 2.60. The first-order valence-electron chi connectivity index (χ1n) is 5.09. The van der Waals surface area contributed by atoms with Crippen molar-refractivity contribution >= 4 is 15.9 Å². The van der Waals surface area contributed by atoms with Crippen molar-refractivity contribution in [1.82, 2.24) is 10.3 Å². The maximum absolute atomic E-state index is 5.16. The van der Waals surface area contributed by atoms with E-state index < -0.39 is 0 Å². The van der Waals surface area contributed by atoms with Crippen molar-refractivity contribution in [2.75, 3.05) is 20.3 Å². The lowest BCUT2D eigenvalue weighted by molar-refractivity contribution is 0.166. The lowest BCUT2D eigenvalue weighted by atomic mass is 10.1. The molecule has 1 aromatic heterocycles. The van der Waals surface area contributed by atoms with Crippen LogP contribution in [0.2, 0.25) is 0 Å². The fourth-order valence-electron chi connectivity index (χ4n) is 1.48. The second kappa shape index (κ2) is 6.93. The average molecular weight is 273 g/mol. The molecule has 0 aliphatic carbocycles. The van der Waals surface area contributed by atoms with Gasteiger partial charge in [0.2, 0.25) is 0 Å². The molecule has 1 aromatic rings. The first-order chi connectivity index (χ1) is 7.27. The van der Waals surface area contributed by atoms with Crippen molar-refractivity contribution in [1.29, 1.82) is 0 Å². The van der Waals surface area contributed by atoms with E-state index in [0.717, 1.165) is 23.1 Å². The summed E-state index contributed by atoms with van der Waals surface area (Å²) in [6.07, 6.45) is 2.69. The lowest BCUT2D eigenvalue weighted by Gasteiger charge is -2.16. The van der Waals surface area contributed by atoms with Gasteiger partial charge in [0.05, 0.1) is 12.3 Å². The zero-order valence-corrected chi connectivity index (χ0v) is 10.8. The van der Waals surface area contributed by atoms with Gasteiger partial charge < -0.3 is 10.1 Å². The minimum Gasteiger partial charge on any atom is -0.383 e. The summed E-state index contributed by atoms with van der Waals surface area (Å²) in [5.74, 6) is 0. The Bertz CT molecular complexity index is 288. The monoisotopic (exact) mass is 272 g/mol. The molecule has 1 unspecified atom stereocenters. The summed E-state index contributed by atoms with van der Waals surface area (Å²) in [6, 6.07) is 4.26. The molecule has 1 N–H and O–H groups in total. The SMILES string of the molecule is CCNC(COC)Cc1ncccc1Br. The summed E-state index contributed by atoms with van der Waals surface area (Å²) in [4.78, 5) is 4.34. The van der Waals surface area contributed by atoms with E-state index in [1.54, 1.807) is 7.11 Å². The third-order valence-electron chi connectivity index (χ3n) is 2.14. The Morgan fingerprint density at radius 3 is 3.00 bits per heavy atom. The van der Waals surface area contributed by atoms with Crippen molar-refractivity contribution < 1.29 is 4.74 Å². The number of nitrogens with zero attached hydrogens (tertiary/aromatic N) is 1. The van der Waals surface area contributed by atoms with E-state index in [4.69, 9.17) is 4.74 Å². The molecule has 1 heterocycles. The van der Waals surface area contributed by atoms with E-state index in [1.165, 1.54) is 0 Å². The predicted molar refractivity (Wildman–Crippen MR) is 65.0 cm³/mol. The van der Waals surface area contributed by atoms with Gasteiger partial charge in [-0.25, -0.2) is 0 Å². The molecular weight excluding hydrogens is 256 g/mol. The number of methoxy groups -OCH3 is 1. The number of rotatable bonds is 6. The maximum Gasteiger partial charge on any atom is 0.0619 e. The van der Waals surface area contributed by atoms with Crippen LogP contribution in [0.1, 0.15) is 12.6 Å². The molecule has 15 heavy (non-hydrogen) atoms. The molecule has 0 amide bonds. The van der Waals surface area contributed by atoms with Crippen LogP contribution < -0.4 is 5.32 Å². The third kappa shape index (κ3) is 4.28. The van der Waals surface area contributed by atoms with Gasteiger partial charge in [-0.15, -0.1) is 0 Å². The number of nitrogens with one attached hydrogen (secondary N) is 1. The number of halogens is 1. The summed E-state index contributed by atoms with van der Waals surface area (Å²) < 4.78 is 6.22. The van der Waals surface area contributed by atoms with Crippen LogP contribution >= 0.6 is 15.9 Å². The van der Waals surface area contributed by atoms with Crippen LogP contribution in [0.4, 0.5) is 0 Å². The summed E-state index contributed by atoms with van der Waals surface area (Å²) >= 11 is 3.50. The number of aromatic nitrogens is 1. The molecule has 4 heteroatoms. The first-order valence-corrected chi connectivity index (χ1v) is 5.89. The van der Waals surface area contributed by atoms with Crippen LogP contribution in [0.3, 0.4) is 0 Å². The summed E-state index contributed by atoms with van der Waals surface area (Å²) in [7, 11) is 1.72. The Kier molecular flexibility index (Phi) is 5.83. The van der Waals surface area contributed by atoms with Gasteiger partial charge in [0.1, 0.15) is 0 Å². The van der Waals surface area contributed by atoms with Crippen molar-refractivity contribution in [3.8, 4) is 0 Å². The summed E-state index contributed by atoms with van der Waals surface area (Å²) in [5, 5.41) is 3.37. The second-order valence-electron chi connectivity index (χ2n) is 3.35. The topological polar surface area (TPSA) is 34.1 Å². The molecule has 0 fully saturated rings. The Hall–Kier alpha value is -0.450. The average Bonchev–Trinajstić information content (AvgIpc) is 2.22. The quantitative estimate of drug-likeness (QED) is 0.861. The van der Waals surface area contributed by atoms with Crippen LogP contribution in [-0.2, 0) is 11.2 Å². The van der Waals surface area contributed by atoms with Crippen molar-refractivity contribution in [2.24, 2.45) is 0 Å². The Morgan fingerprint density at radius 1 is 1.60 bits per heavy atom. The van der Waals surface area contributed by atoms with Gasteiger partial charge in [-0.2, -0.15) is 0 Å². The van der Waals surface area contributed by atoms with Crippen LogP contribution in [0.15, 0.2) is 22.8 Å². The van der Waals surface area contributed by atoms with Gasteiger partial charge in [0, 0.05) is 30.2 Å². The molecule has 0 spiro atoms. The van der Waals surface area contributed by atoms with E-state index in [1.807, 2.05) is 18.3 Å². The van der Waals surface area contributed by atoms with Gasteiger partial charge in [-0.3, -0.25) is 4.98 Å². The number of hydrogen-bond acceptors (Lipinski definition) is 3. The Labute approximate surface area is 99.4 Å². The standard InChI is InChI=1S/C11H17BrN2O/c1-3-13-9(8-15-2)7-11-10(12)5-4-6-14-11/h4-6,9,13H,3,7-8H2,1-2H3. The van der Waals surface area contributed by atoms with Crippen LogP contribution in [0.5, 0.6) is 0 Å². The van der Waals surface area contributed by atoms with Crippen molar-refractivity contribution in [3.05, 3.63) is 28.5 Å². The van der Waals surface area contributed by atoms with Crippen molar-refractivity contribution in [2.45, 2.75) is 19.4 Å². The number of pyridine rings is 1. The largest absolute Gasteiger partial charge is 0.383 e. The lowest BCUT2D eigenvalue weighted by Crippen LogP contribution is -2.35. The molecule has 84 valence electrons. The summed E-state index contributed by atoms with van der Waals surface area (Å²) in [6.45, 7) is 3.74. The van der Waals surface area contributed by atoms with Gasteiger partial charge in [-0.05, 0) is 34.6 Å². The zero-order chi connectivity index (χ0) is 11.1. The zero-order valence-electron chi connectivity index (χ0n) is 9.16. The minimum absolute atomic E-state index is 0.325. The predicted octanol–water partition coefficient (Wildman–Crippen LogP) is 2.01. The molecule has 0 saturated heterocycles. The van der Waals surface area contributed by atoms with Crippen LogP contribution in [0, 0.1) is 0 Å². The highest BCUT2D eigenvalue weighted by molar-refractivity contribution is 9.10. The van der Waals surface area contributed by atoms with E-state index >= 15 is 0 Å². The van der Waals surface area contributed by atoms with E-state index in [0.29, 0.717) is 12.6 Å². The van der Waals surface area contributed by atoms with Gasteiger partial charge in [0.25, 0.3) is 0 Å². The molecular formula is C11H17BrN2O. The van der Waals surface area contributed by atoms with Gasteiger partial charge in [-0.1, -0.05) is 6.92 Å². The van der Waals surface area contributed by atoms with E-state index in [2.05, 4.69) is 33.2 Å². The molecule has 0 aliphatic heterocycles. The fourth-order valence-corrected chi connectivity index (χ4v) is 1.90. The van der Waals surface area contributed by atoms with Crippen LogP contribution in [0.25, 0.3) is 0 Å². The molecule has 0 aromatic carbocycles. The normalized spacial score (nSPS) is 12.7. The van der Waals surface area contributed by atoms with Crippen LogP contribution in [-0.4, -0.2) is 31.3 Å². The minimum atomic E-state index is 0.325. The molecule has 1 rings (SSSR count). The maximum atomic E-state index is 5.16. The van der Waals surface area contributed by atoms with Crippen molar-refractivity contribution in [3.63, 3.8) is 0 Å². The molecule has 0 bridgehead atoms. The van der Waals surface area contributed by atoms with Gasteiger partial charge in [0.15, 0.2) is 0 Å². The molecule has 3 nitrogen and oxygen atoms in total. The Morgan fingerprint density at radius 2 is 2.40 bits per heavy atom. The van der Waals surface area contributed by atoms with E-state index in [-0.39, 0.29) is 0 Å². The number of likely N-dealkylation sites (N-methyl/N-ethyl adjacent to an activating group) is 1. The molecule has 0 aliphatic rings. The highest BCUT2D eigenvalue weighted by atomic mass is 79.9. The molecule has 1 atom stereocenters. The highest BCUT2D eigenvalue weighted by Crippen LogP contribution is 2.14. The van der Waals surface area contributed by atoms with E-state index in [9.17, 15) is 0 Å². The third-order valence-corrected chi connectivity index (χ3v) is 2.86. The first kappa shape index (κ1) is 12.6. The van der Waals surface area contributed by atoms with Gasteiger partial charge >= 0.3 is 0 Å². The number of ether oxygens (including phenoxy) is 1. The highest BCUT2D eigenvalue weighted by Gasteiger charge is 2.10. The second-order valence-corrected chi connectivity index (χ2v) is 4.20. The summed E-state index contributed by atoms with van der Waals surface area (Å²) in [5.41, 5.74) is 1.07. The number of hydrogen-bond donors (Lipinski definition) is 1. The smallest absolute Gasteiger partial charge is 0.0619 e. The fraction of sp³-hybridized carbons (Fsp3) is 0.545. The molecule has 0 saturated carbocycles. The molecule has 0 radical (unpaired) electrons.